The van der Waals surface area contributed by atoms with Crippen LogP contribution in [0.25, 0.3) is 0 Å². The van der Waals surface area contributed by atoms with E-state index in [1.807, 2.05) is 30.3 Å². The summed E-state index contributed by atoms with van der Waals surface area (Å²) in [5, 5.41) is 4.12. The Hall–Kier alpha value is -1.47. The Balaban J connectivity index is 1.85. The summed E-state index contributed by atoms with van der Waals surface area (Å²) in [6.07, 6.45) is 1.02. The summed E-state index contributed by atoms with van der Waals surface area (Å²) in [5.74, 6) is 0. The van der Waals surface area contributed by atoms with Crippen molar-refractivity contribution in [2.75, 3.05) is 11.9 Å². The van der Waals surface area contributed by atoms with Gasteiger partial charge in [0, 0.05) is 17.3 Å². The number of nitrogens with one attached hydrogen (secondary N) is 1. The van der Waals surface area contributed by atoms with Gasteiger partial charge in [-0.15, -0.1) is 0 Å². The van der Waals surface area contributed by atoms with Gasteiger partial charge in [-0.1, -0.05) is 48.0 Å². The van der Waals surface area contributed by atoms with Gasteiger partial charge >= 0.3 is 0 Å². The zero-order valence-corrected chi connectivity index (χ0v) is 9.74. The lowest BCUT2D eigenvalue weighted by Crippen LogP contribution is -2.04. The fourth-order valence-corrected chi connectivity index (χ4v) is 1.78. The van der Waals surface area contributed by atoms with E-state index >= 15 is 0 Å². The SMILES string of the molecule is Clc1cccc(NCCc2ccccc2)c1. The Morgan fingerprint density at radius 3 is 2.50 bits per heavy atom. The van der Waals surface area contributed by atoms with Crippen LogP contribution in [0.1, 0.15) is 5.56 Å². The van der Waals surface area contributed by atoms with Gasteiger partial charge < -0.3 is 5.32 Å². The second kappa shape index (κ2) is 5.57. The van der Waals surface area contributed by atoms with Gasteiger partial charge in [-0.2, -0.15) is 0 Å². The van der Waals surface area contributed by atoms with Crippen molar-refractivity contribution in [3.63, 3.8) is 0 Å². The molecular formula is C14H14ClN. The van der Waals surface area contributed by atoms with Gasteiger partial charge in [0.2, 0.25) is 0 Å². The molecule has 0 saturated carbocycles. The maximum absolute atomic E-state index is 5.90. The smallest absolute Gasteiger partial charge is 0.0426 e. The van der Waals surface area contributed by atoms with Crippen LogP contribution in [0.2, 0.25) is 5.02 Å². The van der Waals surface area contributed by atoms with E-state index in [1.54, 1.807) is 0 Å². The summed E-state index contributed by atoms with van der Waals surface area (Å²) in [7, 11) is 0. The number of halogens is 1. The van der Waals surface area contributed by atoms with Crippen LogP contribution in [0.3, 0.4) is 0 Å². The number of benzene rings is 2. The van der Waals surface area contributed by atoms with Gasteiger partial charge in [-0.3, -0.25) is 0 Å². The number of hydrogen-bond donors (Lipinski definition) is 1. The topological polar surface area (TPSA) is 12.0 Å². The normalized spacial score (nSPS) is 10.1. The van der Waals surface area contributed by atoms with Crippen LogP contribution < -0.4 is 5.32 Å². The highest BCUT2D eigenvalue weighted by Gasteiger charge is 1.94. The highest BCUT2D eigenvalue weighted by Crippen LogP contribution is 2.14. The molecule has 1 nitrogen and oxygen atoms in total. The Morgan fingerprint density at radius 2 is 1.75 bits per heavy atom. The molecule has 0 aliphatic carbocycles. The molecule has 0 aromatic heterocycles. The van der Waals surface area contributed by atoms with Gasteiger partial charge in [0.1, 0.15) is 0 Å². The quantitative estimate of drug-likeness (QED) is 0.839. The molecule has 0 unspecified atom stereocenters. The average Bonchev–Trinajstić information content (AvgIpc) is 2.30. The molecule has 16 heavy (non-hydrogen) atoms. The molecule has 0 heterocycles. The van der Waals surface area contributed by atoms with E-state index in [-0.39, 0.29) is 0 Å². The highest BCUT2D eigenvalue weighted by molar-refractivity contribution is 6.30. The van der Waals surface area contributed by atoms with Crippen molar-refractivity contribution < 1.29 is 0 Å². The van der Waals surface area contributed by atoms with Crippen LogP contribution in [-0.4, -0.2) is 6.54 Å². The van der Waals surface area contributed by atoms with E-state index in [9.17, 15) is 0 Å². The van der Waals surface area contributed by atoms with Crippen molar-refractivity contribution in [3.05, 3.63) is 65.2 Å². The predicted octanol–water partition coefficient (Wildman–Crippen LogP) is 3.99. The molecular weight excluding hydrogens is 218 g/mol. The molecule has 0 amide bonds. The molecule has 2 heteroatoms. The van der Waals surface area contributed by atoms with Crippen LogP contribution >= 0.6 is 11.6 Å². The van der Waals surface area contributed by atoms with Crippen LogP contribution in [0.4, 0.5) is 5.69 Å². The van der Waals surface area contributed by atoms with Gasteiger partial charge in [0.15, 0.2) is 0 Å². The Morgan fingerprint density at radius 1 is 0.938 bits per heavy atom. The summed E-state index contributed by atoms with van der Waals surface area (Å²) in [5.41, 5.74) is 2.42. The molecule has 0 atom stereocenters. The molecule has 0 bridgehead atoms. The third kappa shape index (κ3) is 3.28. The van der Waals surface area contributed by atoms with E-state index in [2.05, 4.69) is 29.6 Å². The maximum Gasteiger partial charge on any atom is 0.0426 e. The molecule has 2 aromatic rings. The number of anilines is 1. The molecule has 82 valence electrons. The van der Waals surface area contributed by atoms with Crippen LogP contribution in [-0.2, 0) is 6.42 Å². The van der Waals surface area contributed by atoms with Gasteiger partial charge in [0.25, 0.3) is 0 Å². The second-order valence-corrected chi connectivity index (χ2v) is 4.11. The summed E-state index contributed by atoms with van der Waals surface area (Å²) in [4.78, 5) is 0. The van der Waals surface area contributed by atoms with Gasteiger partial charge in [0.05, 0.1) is 0 Å². The number of hydrogen-bond acceptors (Lipinski definition) is 1. The lowest BCUT2D eigenvalue weighted by Gasteiger charge is -2.06. The van der Waals surface area contributed by atoms with Crippen molar-refractivity contribution >= 4 is 17.3 Å². The van der Waals surface area contributed by atoms with Crippen molar-refractivity contribution in [1.82, 2.24) is 0 Å². The molecule has 0 aliphatic heterocycles. The first kappa shape index (κ1) is 11.0. The molecule has 1 N–H and O–H groups in total. The van der Waals surface area contributed by atoms with Crippen molar-refractivity contribution in [3.8, 4) is 0 Å². The fraction of sp³-hybridized carbons (Fsp3) is 0.143. The van der Waals surface area contributed by atoms with E-state index in [4.69, 9.17) is 11.6 Å². The third-order valence-electron chi connectivity index (χ3n) is 2.41. The Bertz CT molecular complexity index is 439. The molecule has 0 saturated heterocycles. The lowest BCUT2D eigenvalue weighted by molar-refractivity contribution is 1.02. The van der Waals surface area contributed by atoms with Crippen molar-refractivity contribution in [2.24, 2.45) is 0 Å². The number of rotatable bonds is 4. The Labute approximate surface area is 101 Å². The van der Waals surface area contributed by atoms with Crippen LogP contribution in [0.15, 0.2) is 54.6 Å². The largest absolute Gasteiger partial charge is 0.385 e. The standard InChI is InChI=1S/C14H14ClN/c15-13-7-4-8-14(11-13)16-10-9-12-5-2-1-3-6-12/h1-8,11,16H,9-10H2. The van der Waals surface area contributed by atoms with Gasteiger partial charge in [-0.05, 0) is 30.2 Å². The van der Waals surface area contributed by atoms with E-state index in [1.165, 1.54) is 5.56 Å². The van der Waals surface area contributed by atoms with E-state index in [0.717, 1.165) is 23.7 Å². The molecule has 0 fully saturated rings. The Kier molecular flexibility index (Phi) is 3.84. The molecule has 2 rings (SSSR count). The maximum atomic E-state index is 5.90. The minimum absolute atomic E-state index is 0.768. The monoisotopic (exact) mass is 231 g/mol. The molecule has 0 aliphatic rings. The summed E-state index contributed by atoms with van der Waals surface area (Å²) >= 11 is 5.90. The zero-order chi connectivity index (χ0) is 11.2. The first-order chi connectivity index (χ1) is 7.84. The third-order valence-corrected chi connectivity index (χ3v) is 2.65. The minimum Gasteiger partial charge on any atom is -0.385 e. The minimum atomic E-state index is 0.768. The van der Waals surface area contributed by atoms with Crippen molar-refractivity contribution in [2.45, 2.75) is 6.42 Å². The summed E-state index contributed by atoms with van der Waals surface area (Å²) < 4.78 is 0. The highest BCUT2D eigenvalue weighted by atomic mass is 35.5. The second-order valence-electron chi connectivity index (χ2n) is 3.67. The molecule has 0 radical (unpaired) electrons. The summed E-state index contributed by atoms with van der Waals surface area (Å²) in [6.45, 7) is 0.921. The van der Waals surface area contributed by atoms with E-state index in [0.29, 0.717) is 0 Å². The molecule has 2 aromatic carbocycles. The first-order valence-corrected chi connectivity index (χ1v) is 5.76. The van der Waals surface area contributed by atoms with Gasteiger partial charge in [-0.25, -0.2) is 0 Å². The van der Waals surface area contributed by atoms with Crippen LogP contribution in [0, 0.1) is 0 Å². The summed E-state index contributed by atoms with van der Waals surface area (Å²) in [6, 6.07) is 18.2. The van der Waals surface area contributed by atoms with E-state index < -0.39 is 0 Å². The molecule has 0 spiro atoms. The van der Waals surface area contributed by atoms with Crippen molar-refractivity contribution in [1.29, 1.82) is 0 Å². The first-order valence-electron chi connectivity index (χ1n) is 5.38. The average molecular weight is 232 g/mol. The zero-order valence-electron chi connectivity index (χ0n) is 8.99. The fourth-order valence-electron chi connectivity index (χ4n) is 1.59. The lowest BCUT2D eigenvalue weighted by atomic mass is 10.1. The predicted molar refractivity (Wildman–Crippen MR) is 70.1 cm³/mol. The van der Waals surface area contributed by atoms with Crippen LogP contribution in [0.5, 0.6) is 0 Å².